The molecule has 0 bridgehead atoms. The number of rotatable bonds is 5. The Balaban J connectivity index is 2.03. The lowest BCUT2D eigenvalue weighted by atomic mass is 10.1. The minimum absolute atomic E-state index is 0.646. The first kappa shape index (κ1) is 12.5. The molecule has 3 nitrogen and oxygen atoms in total. The summed E-state index contributed by atoms with van der Waals surface area (Å²) in [6, 6.07) is 0.646. The Hall–Kier alpha value is -0.990. The second-order valence-electron chi connectivity index (χ2n) is 5.50. The molecule has 1 saturated carbocycles. The molecule has 0 saturated heterocycles. The van der Waals surface area contributed by atoms with Crippen molar-refractivity contribution in [2.75, 3.05) is 5.32 Å². The van der Waals surface area contributed by atoms with Gasteiger partial charge in [0.2, 0.25) is 5.95 Å². The number of aryl methyl sites for hydroxylation is 1. The Morgan fingerprint density at radius 3 is 2.82 bits per heavy atom. The third-order valence-electron chi connectivity index (χ3n) is 3.79. The number of hydrogen-bond acceptors (Lipinski definition) is 2. The Morgan fingerprint density at radius 1 is 1.47 bits per heavy atom. The van der Waals surface area contributed by atoms with E-state index < -0.39 is 0 Å². The summed E-state index contributed by atoms with van der Waals surface area (Å²) in [7, 11) is 0. The first-order valence-corrected chi connectivity index (χ1v) is 6.99. The molecule has 1 heterocycles. The average molecular weight is 235 g/mol. The van der Waals surface area contributed by atoms with Gasteiger partial charge in [0.05, 0.1) is 5.69 Å². The lowest BCUT2D eigenvalue weighted by Gasteiger charge is -2.16. The number of imidazole rings is 1. The molecule has 1 N–H and O–H groups in total. The maximum absolute atomic E-state index is 4.61. The molecule has 96 valence electrons. The van der Waals surface area contributed by atoms with Crippen LogP contribution in [0.4, 0.5) is 5.95 Å². The zero-order chi connectivity index (χ0) is 12.3. The van der Waals surface area contributed by atoms with Crippen LogP contribution in [0.1, 0.15) is 51.6 Å². The number of anilines is 1. The van der Waals surface area contributed by atoms with Crippen molar-refractivity contribution in [3.63, 3.8) is 0 Å². The summed E-state index contributed by atoms with van der Waals surface area (Å²) >= 11 is 0. The van der Waals surface area contributed by atoms with E-state index in [9.17, 15) is 0 Å². The molecule has 1 fully saturated rings. The smallest absolute Gasteiger partial charge is 0.203 e. The van der Waals surface area contributed by atoms with Gasteiger partial charge in [-0.25, -0.2) is 4.98 Å². The van der Waals surface area contributed by atoms with Crippen molar-refractivity contribution < 1.29 is 0 Å². The van der Waals surface area contributed by atoms with E-state index >= 15 is 0 Å². The minimum Gasteiger partial charge on any atom is -0.353 e. The predicted octanol–water partition coefficient (Wildman–Crippen LogP) is 3.59. The van der Waals surface area contributed by atoms with Gasteiger partial charge >= 0.3 is 0 Å². The molecule has 17 heavy (non-hydrogen) atoms. The Labute approximate surface area is 105 Å². The van der Waals surface area contributed by atoms with Gasteiger partial charge in [0.25, 0.3) is 0 Å². The molecule has 1 aromatic heterocycles. The van der Waals surface area contributed by atoms with E-state index in [4.69, 9.17) is 0 Å². The maximum atomic E-state index is 4.61. The first-order valence-electron chi connectivity index (χ1n) is 6.99. The topological polar surface area (TPSA) is 29.9 Å². The Bertz CT molecular complexity index is 350. The number of nitrogens with zero attached hydrogens (tertiary/aromatic N) is 2. The Morgan fingerprint density at radius 2 is 2.18 bits per heavy atom. The van der Waals surface area contributed by atoms with Crippen molar-refractivity contribution in [1.82, 2.24) is 9.55 Å². The molecular formula is C14H25N3. The second kappa shape index (κ2) is 5.56. The highest BCUT2D eigenvalue weighted by molar-refractivity contribution is 5.30. The molecule has 0 amide bonds. The molecule has 1 atom stereocenters. The normalized spacial score (nSPS) is 18.5. The third-order valence-corrected chi connectivity index (χ3v) is 3.79. The summed E-state index contributed by atoms with van der Waals surface area (Å²) in [6.07, 6.45) is 8.72. The summed E-state index contributed by atoms with van der Waals surface area (Å²) in [5.41, 5.74) is 1.12. The molecule has 2 rings (SSSR count). The van der Waals surface area contributed by atoms with Crippen molar-refractivity contribution >= 4 is 5.95 Å². The SMILES string of the molecule is CCC(C)Cn1cc(C)nc1NC1CCCC1. The second-order valence-corrected chi connectivity index (χ2v) is 5.50. The number of hydrogen-bond donors (Lipinski definition) is 1. The van der Waals surface area contributed by atoms with Crippen molar-refractivity contribution in [3.05, 3.63) is 11.9 Å². The van der Waals surface area contributed by atoms with Crippen molar-refractivity contribution in [2.45, 2.75) is 65.5 Å². The van der Waals surface area contributed by atoms with Gasteiger partial charge in [0.1, 0.15) is 0 Å². The van der Waals surface area contributed by atoms with Gasteiger partial charge in [-0.15, -0.1) is 0 Å². The molecule has 0 spiro atoms. The quantitative estimate of drug-likeness (QED) is 0.845. The van der Waals surface area contributed by atoms with Gasteiger partial charge in [0.15, 0.2) is 0 Å². The van der Waals surface area contributed by atoms with Crippen molar-refractivity contribution in [3.8, 4) is 0 Å². The van der Waals surface area contributed by atoms with Gasteiger partial charge in [0, 0.05) is 18.8 Å². The number of aromatic nitrogens is 2. The van der Waals surface area contributed by atoms with E-state index in [2.05, 4.69) is 41.8 Å². The van der Waals surface area contributed by atoms with Crippen LogP contribution in [-0.2, 0) is 6.54 Å². The summed E-state index contributed by atoms with van der Waals surface area (Å²) in [5.74, 6) is 1.79. The monoisotopic (exact) mass is 235 g/mol. The van der Waals surface area contributed by atoms with Gasteiger partial charge < -0.3 is 9.88 Å². The van der Waals surface area contributed by atoms with Crippen LogP contribution in [0.2, 0.25) is 0 Å². The van der Waals surface area contributed by atoms with E-state index in [1.807, 2.05) is 0 Å². The zero-order valence-corrected chi connectivity index (χ0v) is 11.4. The summed E-state index contributed by atoms with van der Waals surface area (Å²) < 4.78 is 2.29. The molecule has 0 aromatic carbocycles. The highest BCUT2D eigenvalue weighted by atomic mass is 15.2. The van der Waals surface area contributed by atoms with Crippen LogP contribution in [0.15, 0.2) is 6.20 Å². The molecule has 1 aliphatic rings. The van der Waals surface area contributed by atoms with Crippen molar-refractivity contribution in [1.29, 1.82) is 0 Å². The number of nitrogens with one attached hydrogen (secondary N) is 1. The largest absolute Gasteiger partial charge is 0.353 e. The summed E-state index contributed by atoms with van der Waals surface area (Å²) in [6.45, 7) is 7.70. The fourth-order valence-corrected chi connectivity index (χ4v) is 2.52. The first-order chi connectivity index (χ1) is 8.19. The molecule has 1 aromatic rings. The fourth-order valence-electron chi connectivity index (χ4n) is 2.52. The van der Waals surface area contributed by atoms with Crippen LogP contribution in [-0.4, -0.2) is 15.6 Å². The van der Waals surface area contributed by atoms with Crippen LogP contribution >= 0.6 is 0 Å². The fraction of sp³-hybridized carbons (Fsp3) is 0.786. The van der Waals surface area contributed by atoms with E-state index in [-0.39, 0.29) is 0 Å². The van der Waals surface area contributed by atoms with Crippen molar-refractivity contribution in [2.24, 2.45) is 5.92 Å². The zero-order valence-electron chi connectivity index (χ0n) is 11.4. The third kappa shape index (κ3) is 3.24. The lowest BCUT2D eigenvalue weighted by Crippen LogP contribution is -2.19. The summed E-state index contributed by atoms with van der Waals surface area (Å²) in [5, 5.41) is 3.61. The van der Waals surface area contributed by atoms with E-state index in [1.165, 1.54) is 32.1 Å². The van der Waals surface area contributed by atoms with E-state index in [0.29, 0.717) is 12.0 Å². The summed E-state index contributed by atoms with van der Waals surface area (Å²) in [4.78, 5) is 4.61. The Kier molecular flexibility index (Phi) is 4.08. The van der Waals surface area contributed by atoms with E-state index in [0.717, 1.165) is 18.2 Å². The van der Waals surface area contributed by atoms with Crippen LogP contribution in [0.3, 0.4) is 0 Å². The molecular weight excluding hydrogens is 210 g/mol. The molecule has 0 aliphatic heterocycles. The highest BCUT2D eigenvalue weighted by Gasteiger charge is 2.17. The van der Waals surface area contributed by atoms with Gasteiger partial charge in [-0.2, -0.15) is 0 Å². The predicted molar refractivity (Wildman–Crippen MR) is 72.3 cm³/mol. The molecule has 0 radical (unpaired) electrons. The van der Waals surface area contributed by atoms with Gasteiger partial charge in [-0.1, -0.05) is 33.1 Å². The van der Waals surface area contributed by atoms with Gasteiger partial charge in [-0.3, -0.25) is 0 Å². The van der Waals surface area contributed by atoms with E-state index in [1.54, 1.807) is 0 Å². The highest BCUT2D eigenvalue weighted by Crippen LogP contribution is 2.22. The molecule has 1 unspecified atom stereocenters. The molecule has 3 heteroatoms. The van der Waals surface area contributed by atoms with Crippen LogP contribution in [0.5, 0.6) is 0 Å². The standard InChI is InChI=1S/C14H25N3/c1-4-11(2)9-17-10-12(3)15-14(17)16-13-7-5-6-8-13/h10-11,13H,4-9H2,1-3H3,(H,15,16). The average Bonchev–Trinajstić information content (AvgIpc) is 2.90. The van der Waals surface area contributed by atoms with Gasteiger partial charge in [-0.05, 0) is 25.7 Å². The van der Waals surface area contributed by atoms with Crippen LogP contribution < -0.4 is 5.32 Å². The lowest BCUT2D eigenvalue weighted by molar-refractivity contribution is 0.470. The minimum atomic E-state index is 0.646. The maximum Gasteiger partial charge on any atom is 0.203 e. The van der Waals surface area contributed by atoms with Crippen LogP contribution in [0, 0.1) is 12.8 Å². The molecule has 1 aliphatic carbocycles. The van der Waals surface area contributed by atoms with Crippen LogP contribution in [0.25, 0.3) is 0 Å².